The summed E-state index contributed by atoms with van der Waals surface area (Å²) in [6.07, 6.45) is 35.6. The molecule has 2 heteroatoms. The van der Waals surface area contributed by atoms with Gasteiger partial charge in [-0.2, -0.15) is 0 Å². The largest absolute Gasteiger partial charge is 0.507 e. The zero-order valence-electron chi connectivity index (χ0n) is 40.8. The molecule has 2 nitrogen and oxygen atoms in total. The molecule has 2 aromatic carbocycles. The van der Waals surface area contributed by atoms with Crippen molar-refractivity contribution in [1.29, 1.82) is 0 Å². The number of aromatic hydroxyl groups is 2. The molecule has 336 valence electrons. The number of hydrogen-bond donors (Lipinski definition) is 2. The molecule has 0 aliphatic carbocycles. The highest BCUT2D eigenvalue weighted by atomic mass is 16.3. The van der Waals surface area contributed by atoms with Gasteiger partial charge >= 0.3 is 0 Å². The molecule has 0 amide bonds. The van der Waals surface area contributed by atoms with E-state index >= 15 is 0 Å². The minimum absolute atomic E-state index is 0.318. The SMILES string of the molecule is Cc1c(CC[C@@H](C)CCC[C@@H](C)CCC[C@H](C)CCC[C@H](C)CCC[C@@H](C)CCC[C@H](C)CCC[C@H](C)CCC[C@H](C)CCCC(C)C)c(O)c2ccccc2c1O. The van der Waals surface area contributed by atoms with Crippen LogP contribution in [0.3, 0.4) is 0 Å². The van der Waals surface area contributed by atoms with Crippen molar-refractivity contribution in [2.45, 2.75) is 243 Å². The van der Waals surface area contributed by atoms with Gasteiger partial charge in [-0.15, -0.1) is 0 Å². The predicted octanol–water partition coefficient (Wildman–Crippen LogP) is 18.6. The van der Waals surface area contributed by atoms with E-state index in [4.69, 9.17) is 0 Å². The molecule has 8 atom stereocenters. The van der Waals surface area contributed by atoms with Gasteiger partial charge in [-0.25, -0.2) is 0 Å². The van der Waals surface area contributed by atoms with E-state index in [1.54, 1.807) is 0 Å². The summed E-state index contributed by atoms with van der Waals surface area (Å²) in [5.74, 6) is 8.36. The van der Waals surface area contributed by atoms with Crippen LogP contribution in [0, 0.1) is 60.2 Å². The van der Waals surface area contributed by atoms with E-state index in [-0.39, 0.29) is 0 Å². The van der Waals surface area contributed by atoms with Gasteiger partial charge in [0.15, 0.2) is 0 Å². The Labute approximate surface area is 362 Å². The molecule has 2 N–H and O–H groups in total. The molecule has 0 unspecified atom stereocenters. The maximum Gasteiger partial charge on any atom is 0.127 e. The van der Waals surface area contributed by atoms with Crippen LogP contribution >= 0.6 is 0 Å². The summed E-state index contributed by atoms with van der Waals surface area (Å²) in [4.78, 5) is 0. The van der Waals surface area contributed by atoms with Crippen LogP contribution in [0.4, 0.5) is 0 Å². The Morgan fingerprint density at radius 2 is 0.586 bits per heavy atom. The lowest BCUT2D eigenvalue weighted by molar-refractivity contribution is 0.353. The van der Waals surface area contributed by atoms with Crippen LogP contribution in [0.15, 0.2) is 24.3 Å². The highest BCUT2D eigenvalue weighted by Gasteiger charge is 2.17. The Bertz CT molecular complexity index is 1310. The van der Waals surface area contributed by atoms with Crippen molar-refractivity contribution in [2.24, 2.45) is 53.3 Å². The van der Waals surface area contributed by atoms with E-state index < -0.39 is 0 Å². The van der Waals surface area contributed by atoms with Crippen LogP contribution in [0.1, 0.15) is 241 Å². The van der Waals surface area contributed by atoms with Gasteiger partial charge in [0, 0.05) is 16.3 Å². The Morgan fingerprint density at radius 1 is 0.345 bits per heavy atom. The summed E-state index contributed by atoms with van der Waals surface area (Å²) < 4.78 is 0. The normalized spacial score (nSPS) is 16.3. The van der Waals surface area contributed by atoms with Gasteiger partial charge in [0.1, 0.15) is 11.5 Å². The maximum absolute atomic E-state index is 10.9. The molecule has 2 rings (SSSR count). The van der Waals surface area contributed by atoms with Crippen LogP contribution in [0.5, 0.6) is 11.5 Å². The van der Waals surface area contributed by atoms with Gasteiger partial charge in [-0.3, -0.25) is 0 Å². The van der Waals surface area contributed by atoms with Crippen molar-refractivity contribution in [3.8, 4) is 11.5 Å². The van der Waals surface area contributed by atoms with Gasteiger partial charge in [0.25, 0.3) is 0 Å². The lowest BCUT2D eigenvalue weighted by atomic mass is 9.88. The summed E-state index contributed by atoms with van der Waals surface area (Å²) in [6.45, 7) is 26.5. The summed E-state index contributed by atoms with van der Waals surface area (Å²) in [6, 6.07) is 7.63. The number of phenolic OH excluding ortho intramolecular Hbond substituents is 2. The summed E-state index contributed by atoms with van der Waals surface area (Å²) in [5.41, 5.74) is 1.75. The minimum Gasteiger partial charge on any atom is -0.507 e. The van der Waals surface area contributed by atoms with E-state index in [0.29, 0.717) is 17.4 Å². The van der Waals surface area contributed by atoms with Gasteiger partial charge in [0.05, 0.1) is 0 Å². The van der Waals surface area contributed by atoms with Crippen LogP contribution in [-0.4, -0.2) is 10.2 Å². The fourth-order valence-electron chi connectivity index (χ4n) is 10.0. The molecular formula is C56H100O2. The fraction of sp³-hybridized carbons (Fsp3) is 0.821. The molecule has 2 aromatic rings. The lowest BCUT2D eigenvalue weighted by Crippen LogP contribution is -2.03. The van der Waals surface area contributed by atoms with Crippen molar-refractivity contribution in [3.63, 3.8) is 0 Å². The number of benzene rings is 2. The Morgan fingerprint density at radius 3 is 0.862 bits per heavy atom. The van der Waals surface area contributed by atoms with Crippen molar-refractivity contribution in [1.82, 2.24) is 0 Å². The second kappa shape index (κ2) is 30.3. The minimum atomic E-state index is 0.318. The molecule has 0 aliphatic heterocycles. The van der Waals surface area contributed by atoms with E-state index in [1.807, 2.05) is 31.2 Å². The monoisotopic (exact) mass is 805 g/mol. The van der Waals surface area contributed by atoms with Gasteiger partial charge in [0.2, 0.25) is 0 Å². The molecule has 0 aliphatic rings. The molecule has 0 bridgehead atoms. The first-order valence-corrected chi connectivity index (χ1v) is 25.6. The second-order valence-electron chi connectivity index (χ2n) is 21.6. The molecular weight excluding hydrogens is 705 g/mol. The number of hydrogen-bond acceptors (Lipinski definition) is 2. The third kappa shape index (κ3) is 22.8. The topological polar surface area (TPSA) is 40.5 Å². The van der Waals surface area contributed by atoms with E-state index in [9.17, 15) is 10.2 Å². The molecule has 58 heavy (non-hydrogen) atoms. The molecule has 0 saturated carbocycles. The summed E-state index contributed by atoms with van der Waals surface area (Å²) in [7, 11) is 0. The Kier molecular flexibility index (Phi) is 27.4. The quantitative estimate of drug-likeness (QED) is 0.0681. The van der Waals surface area contributed by atoms with Gasteiger partial charge in [-0.05, 0) is 78.6 Å². The lowest BCUT2D eigenvalue weighted by Gasteiger charge is -2.18. The highest BCUT2D eigenvalue weighted by Crippen LogP contribution is 2.40. The standard InChI is InChI=1S/C56H100O2/c1-42(2)22-14-23-43(3)24-15-25-44(4)26-16-27-45(5)28-17-29-46(6)30-18-31-47(7)32-19-33-48(8)34-20-35-49(9)36-21-37-50(10)40-41-52-51(11)55(57)53-38-12-13-39-54(53)56(52)58/h12-13,38-39,42-50,57-58H,14-37,40-41H2,1-11H3/t43-,44-,45-,46+,47-,48-,49+,50+/m1/s1. The van der Waals surface area contributed by atoms with Gasteiger partial charge < -0.3 is 10.2 Å². The first-order valence-electron chi connectivity index (χ1n) is 25.6. The molecule has 0 saturated heterocycles. The molecule has 0 aromatic heterocycles. The Balaban J connectivity index is 1.42. The predicted molar refractivity (Wildman–Crippen MR) is 259 cm³/mol. The van der Waals surface area contributed by atoms with E-state index in [2.05, 4.69) is 69.2 Å². The van der Waals surface area contributed by atoms with Crippen molar-refractivity contribution >= 4 is 10.8 Å². The third-order valence-electron chi connectivity index (χ3n) is 14.7. The zero-order valence-corrected chi connectivity index (χ0v) is 40.8. The first kappa shape index (κ1) is 52.4. The van der Waals surface area contributed by atoms with Crippen LogP contribution in [-0.2, 0) is 6.42 Å². The van der Waals surface area contributed by atoms with Crippen molar-refractivity contribution in [2.75, 3.05) is 0 Å². The average Bonchev–Trinajstić information content (AvgIpc) is 3.17. The number of rotatable bonds is 35. The van der Waals surface area contributed by atoms with Crippen molar-refractivity contribution in [3.05, 3.63) is 35.4 Å². The first-order chi connectivity index (χ1) is 27.7. The van der Waals surface area contributed by atoms with Crippen molar-refractivity contribution < 1.29 is 10.2 Å². The Hall–Kier alpha value is -1.70. The smallest absolute Gasteiger partial charge is 0.127 e. The summed E-state index contributed by atoms with van der Waals surface area (Å²) in [5, 5.41) is 23.2. The van der Waals surface area contributed by atoms with E-state index in [0.717, 1.165) is 82.1 Å². The molecule has 0 spiro atoms. The second-order valence-corrected chi connectivity index (χ2v) is 21.6. The number of phenols is 2. The highest BCUT2D eigenvalue weighted by molar-refractivity contribution is 5.95. The van der Waals surface area contributed by atoms with E-state index in [1.165, 1.54) is 154 Å². The molecule has 0 heterocycles. The van der Waals surface area contributed by atoms with Crippen LogP contribution < -0.4 is 0 Å². The van der Waals surface area contributed by atoms with Crippen LogP contribution in [0.2, 0.25) is 0 Å². The molecule has 0 fully saturated rings. The third-order valence-corrected chi connectivity index (χ3v) is 14.7. The average molecular weight is 805 g/mol. The zero-order chi connectivity index (χ0) is 42.9. The molecule has 0 radical (unpaired) electrons. The maximum atomic E-state index is 10.9. The number of fused-ring (bicyclic) bond motifs is 1. The van der Waals surface area contributed by atoms with Gasteiger partial charge in [-0.1, -0.05) is 248 Å². The fourth-order valence-corrected chi connectivity index (χ4v) is 10.0. The summed E-state index contributed by atoms with van der Waals surface area (Å²) >= 11 is 0. The van der Waals surface area contributed by atoms with Crippen LogP contribution in [0.25, 0.3) is 10.8 Å².